The fourth-order valence-corrected chi connectivity index (χ4v) is 3.80. The molecule has 2 aromatic carbocycles. The van der Waals surface area contributed by atoms with Crippen molar-refractivity contribution >= 4 is 11.2 Å². The fourth-order valence-electron chi connectivity index (χ4n) is 3.80. The van der Waals surface area contributed by atoms with Crippen molar-refractivity contribution < 1.29 is 32.5 Å². The van der Waals surface area contributed by atoms with E-state index in [0.717, 1.165) is 22.4 Å². The molecule has 2 aliphatic heterocycles. The monoisotopic (exact) mass is 479 g/mol. The highest BCUT2D eigenvalue weighted by Crippen LogP contribution is 2.35. The lowest BCUT2D eigenvalue weighted by Crippen LogP contribution is -2.38. The van der Waals surface area contributed by atoms with Crippen LogP contribution < -0.4 is 14.2 Å². The summed E-state index contributed by atoms with van der Waals surface area (Å²) in [6.07, 6.45) is -0.105. The van der Waals surface area contributed by atoms with Crippen molar-refractivity contribution in [2.45, 2.75) is 26.1 Å². The van der Waals surface area contributed by atoms with Crippen molar-refractivity contribution in [2.75, 3.05) is 26.4 Å². The average Bonchev–Trinajstić information content (AvgIpc) is 3.20. The summed E-state index contributed by atoms with van der Waals surface area (Å²) in [5.41, 5.74) is 3.16. The second kappa shape index (κ2) is 8.79. The van der Waals surface area contributed by atoms with Crippen LogP contribution in [0.5, 0.6) is 23.4 Å². The van der Waals surface area contributed by atoms with Gasteiger partial charge in [-0.25, -0.2) is 9.37 Å². The summed E-state index contributed by atoms with van der Waals surface area (Å²) in [4.78, 5) is 13.3. The SMILES string of the molecule is Cc1cc(-c2nc3c(OC4COC4)nc(Oc4ccccc4F)nc3o2)cc(C)c1OC1COC1. The van der Waals surface area contributed by atoms with Crippen LogP contribution >= 0.6 is 0 Å². The standard InChI is InChI=1S/C25H22FN3O6/c1-13-7-15(8-14(2)21(13)32-16-9-30-10-16)22-27-20-23(33-17-11-31-12-17)28-25(29-24(20)35-22)34-19-6-4-3-5-18(19)26/h3-8,16-17H,9-12H2,1-2H3. The first-order chi connectivity index (χ1) is 17.0. The Morgan fingerprint density at radius 3 is 2.23 bits per heavy atom. The van der Waals surface area contributed by atoms with Gasteiger partial charge in [-0.1, -0.05) is 12.1 Å². The van der Waals surface area contributed by atoms with Gasteiger partial charge in [-0.05, 0) is 49.2 Å². The Hall–Kier alpha value is -3.76. The molecule has 4 heterocycles. The Labute approximate surface area is 199 Å². The van der Waals surface area contributed by atoms with E-state index in [9.17, 15) is 4.39 Å². The van der Waals surface area contributed by atoms with Crippen LogP contribution in [0.15, 0.2) is 40.8 Å². The van der Waals surface area contributed by atoms with Crippen LogP contribution in [0.2, 0.25) is 0 Å². The van der Waals surface area contributed by atoms with Gasteiger partial charge in [0.2, 0.25) is 5.89 Å². The summed E-state index contributed by atoms with van der Waals surface area (Å²) in [6.45, 7) is 6.00. The van der Waals surface area contributed by atoms with E-state index in [2.05, 4.69) is 15.0 Å². The number of halogens is 1. The van der Waals surface area contributed by atoms with Crippen LogP contribution in [0, 0.1) is 19.7 Å². The number of oxazole rings is 1. The Kier molecular flexibility index (Phi) is 5.46. The molecule has 2 aromatic heterocycles. The van der Waals surface area contributed by atoms with Crippen LogP contribution in [0.25, 0.3) is 22.7 Å². The van der Waals surface area contributed by atoms with E-state index in [1.54, 1.807) is 12.1 Å². The van der Waals surface area contributed by atoms with Crippen molar-refractivity contribution in [3.63, 3.8) is 0 Å². The van der Waals surface area contributed by atoms with E-state index in [1.165, 1.54) is 12.1 Å². The quantitative estimate of drug-likeness (QED) is 0.382. The number of aryl methyl sites for hydroxylation is 2. The highest BCUT2D eigenvalue weighted by atomic mass is 19.1. The summed E-state index contributed by atoms with van der Waals surface area (Å²) in [5.74, 6) is 0.807. The number of nitrogens with zero attached hydrogens (tertiary/aromatic N) is 3. The minimum Gasteiger partial charge on any atom is -0.485 e. The van der Waals surface area contributed by atoms with Gasteiger partial charge in [0.05, 0.1) is 26.4 Å². The van der Waals surface area contributed by atoms with E-state index in [4.69, 9.17) is 28.1 Å². The molecule has 4 aromatic rings. The predicted molar refractivity (Wildman–Crippen MR) is 121 cm³/mol. The normalized spacial score (nSPS) is 16.1. The van der Waals surface area contributed by atoms with Gasteiger partial charge in [-0.2, -0.15) is 9.97 Å². The maximum absolute atomic E-state index is 14.1. The Bertz CT molecular complexity index is 1380. The van der Waals surface area contributed by atoms with Gasteiger partial charge >= 0.3 is 6.01 Å². The topological polar surface area (TPSA) is 98.0 Å². The number of hydrogen-bond donors (Lipinski definition) is 0. The fraction of sp³-hybridized carbons (Fsp3) is 0.320. The zero-order valence-corrected chi connectivity index (χ0v) is 19.1. The summed E-state index contributed by atoms with van der Waals surface area (Å²) in [6, 6.07) is 9.77. The maximum atomic E-state index is 14.1. The van der Waals surface area contributed by atoms with E-state index in [1.807, 2.05) is 26.0 Å². The third-order valence-electron chi connectivity index (χ3n) is 5.73. The molecule has 0 spiro atoms. The van der Waals surface area contributed by atoms with Gasteiger partial charge in [-0.15, -0.1) is 0 Å². The zero-order valence-electron chi connectivity index (χ0n) is 19.1. The van der Waals surface area contributed by atoms with Gasteiger partial charge in [-0.3, -0.25) is 0 Å². The average molecular weight is 479 g/mol. The van der Waals surface area contributed by atoms with Crippen LogP contribution in [0.1, 0.15) is 11.1 Å². The molecule has 0 aliphatic carbocycles. The molecule has 0 N–H and O–H groups in total. The number of ether oxygens (including phenoxy) is 5. The summed E-state index contributed by atoms with van der Waals surface area (Å²) >= 11 is 0. The van der Waals surface area contributed by atoms with Gasteiger partial charge in [0.25, 0.3) is 11.6 Å². The number of fused-ring (bicyclic) bond motifs is 1. The zero-order chi connectivity index (χ0) is 23.9. The number of hydrogen-bond acceptors (Lipinski definition) is 9. The number of rotatable bonds is 7. The van der Waals surface area contributed by atoms with Gasteiger partial charge in [0.1, 0.15) is 18.0 Å². The van der Waals surface area contributed by atoms with Gasteiger partial charge in [0.15, 0.2) is 17.1 Å². The second-order valence-corrected chi connectivity index (χ2v) is 8.51. The highest BCUT2D eigenvalue weighted by Gasteiger charge is 2.26. The van der Waals surface area contributed by atoms with E-state index < -0.39 is 5.82 Å². The summed E-state index contributed by atoms with van der Waals surface area (Å²) in [7, 11) is 0. The molecule has 35 heavy (non-hydrogen) atoms. The molecule has 10 heteroatoms. The first-order valence-electron chi connectivity index (χ1n) is 11.2. The molecule has 2 saturated heterocycles. The molecule has 9 nitrogen and oxygen atoms in total. The third-order valence-corrected chi connectivity index (χ3v) is 5.73. The molecule has 0 amide bonds. The molecule has 2 aliphatic rings. The molecular weight excluding hydrogens is 457 g/mol. The summed E-state index contributed by atoms with van der Waals surface area (Å²) < 4.78 is 48.1. The maximum Gasteiger partial charge on any atom is 0.328 e. The molecule has 0 bridgehead atoms. The van der Waals surface area contributed by atoms with Gasteiger partial charge in [0, 0.05) is 5.56 Å². The van der Waals surface area contributed by atoms with Crippen LogP contribution in [-0.2, 0) is 9.47 Å². The van der Waals surface area contributed by atoms with Crippen LogP contribution in [-0.4, -0.2) is 53.6 Å². The van der Waals surface area contributed by atoms with Crippen LogP contribution in [0.3, 0.4) is 0 Å². The van der Waals surface area contributed by atoms with Crippen molar-refractivity contribution in [3.8, 4) is 34.8 Å². The lowest BCUT2D eigenvalue weighted by atomic mass is 10.1. The largest absolute Gasteiger partial charge is 0.485 e. The first-order valence-corrected chi connectivity index (χ1v) is 11.2. The predicted octanol–water partition coefficient (Wildman–Crippen LogP) is 4.39. The Morgan fingerprint density at radius 1 is 0.886 bits per heavy atom. The molecule has 6 rings (SSSR count). The molecular formula is C25H22FN3O6. The van der Waals surface area contributed by atoms with E-state index in [0.29, 0.717) is 37.8 Å². The minimum atomic E-state index is -0.536. The molecule has 0 radical (unpaired) electrons. The lowest BCUT2D eigenvalue weighted by Gasteiger charge is -2.28. The molecule has 0 saturated carbocycles. The molecule has 180 valence electrons. The van der Waals surface area contributed by atoms with Crippen LogP contribution in [0.4, 0.5) is 4.39 Å². The number of para-hydroxylation sites is 1. The minimum absolute atomic E-state index is 0.0109. The number of aromatic nitrogens is 3. The smallest absolute Gasteiger partial charge is 0.328 e. The Morgan fingerprint density at radius 2 is 1.57 bits per heavy atom. The highest BCUT2D eigenvalue weighted by molar-refractivity contribution is 5.78. The molecule has 0 unspecified atom stereocenters. The van der Waals surface area contributed by atoms with Crippen molar-refractivity contribution in [1.82, 2.24) is 15.0 Å². The second-order valence-electron chi connectivity index (χ2n) is 8.51. The molecule has 0 atom stereocenters. The Balaban J connectivity index is 1.37. The molecule has 2 fully saturated rings. The third kappa shape index (κ3) is 4.26. The first kappa shape index (κ1) is 21.8. The van der Waals surface area contributed by atoms with Gasteiger partial charge < -0.3 is 28.1 Å². The van der Waals surface area contributed by atoms with Crippen molar-refractivity contribution in [2.24, 2.45) is 0 Å². The lowest BCUT2D eigenvalue weighted by molar-refractivity contribution is -0.0809. The van der Waals surface area contributed by atoms with Crippen molar-refractivity contribution in [3.05, 3.63) is 53.3 Å². The van der Waals surface area contributed by atoms with E-state index in [-0.39, 0.29) is 35.6 Å². The van der Waals surface area contributed by atoms with E-state index >= 15 is 0 Å². The number of benzene rings is 2. The van der Waals surface area contributed by atoms with Crippen molar-refractivity contribution in [1.29, 1.82) is 0 Å². The summed E-state index contributed by atoms with van der Waals surface area (Å²) in [5, 5.41) is 0.